The molecule has 0 heterocycles. The summed E-state index contributed by atoms with van der Waals surface area (Å²) in [4.78, 5) is 4.37. The molecule has 0 aliphatic heterocycles. The van der Waals surface area contributed by atoms with Crippen LogP contribution in [0.3, 0.4) is 0 Å². The van der Waals surface area contributed by atoms with E-state index < -0.39 is 26.5 Å². The van der Waals surface area contributed by atoms with E-state index in [4.69, 9.17) is 0 Å². The highest BCUT2D eigenvalue weighted by atomic mass is 32.2. The predicted octanol–water partition coefficient (Wildman–Crippen LogP) is 12.0. The molecular formula is C44H65F3O3S5+4. The monoisotopic (exact) mass is 858 g/mol. The molecule has 306 valence electrons. The highest BCUT2D eigenvalue weighted by molar-refractivity contribution is 7.97. The third-order valence-electron chi connectivity index (χ3n) is 7.68. The molecule has 3 nitrogen and oxygen atoms in total. The lowest BCUT2D eigenvalue weighted by atomic mass is 10.1. The molecule has 0 aromatic heterocycles. The first kappa shape index (κ1) is 50.8. The summed E-state index contributed by atoms with van der Waals surface area (Å²) >= 11 is 0. The van der Waals surface area contributed by atoms with Crippen LogP contribution < -0.4 is 4.18 Å². The molecule has 0 radical (unpaired) electrons. The van der Waals surface area contributed by atoms with Gasteiger partial charge >= 0.3 is 15.6 Å². The van der Waals surface area contributed by atoms with Gasteiger partial charge in [-0.15, -0.1) is 0 Å². The lowest BCUT2D eigenvalue weighted by molar-refractivity contribution is -0.0500. The van der Waals surface area contributed by atoms with Gasteiger partial charge in [0.2, 0.25) is 0 Å². The highest BCUT2D eigenvalue weighted by Gasteiger charge is 2.49. The topological polar surface area (TPSA) is 43.4 Å². The average molecular weight is 859 g/mol. The number of alkyl halides is 3. The van der Waals surface area contributed by atoms with Gasteiger partial charge in [0, 0.05) is 23.0 Å². The Balaban J connectivity index is 0.000000476. The van der Waals surface area contributed by atoms with Crippen molar-refractivity contribution in [3.8, 4) is 5.75 Å². The number of halogens is 3. The number of aryl methyl sites for hydroxylation is 2. The van der Waals surface area contributed by atoms with E-state index in [0.717, 1.165) is 25.6 Å². The zero-order valence-electron chi connectivity index (χ0n) is 34.6. The lowest BCUT2D eigenvalue weighted by Crippen LogP contribution is -2.28. The zero-order chi connectivity index (χ0) is 41.4. The van der Waals surface area contributed by atoms with Gasteiger partial charge in [-0.3, -0.25) is 0 Å². The van der Waals surface area contributed by atoms with Crippen LogP contribution in [0, 0.1) is 13.8 Å². The van der Waals surface area contributed by atoms with Crippen molar-refractivity contribution in [1.29, 1.82) is 0 Å². The van der Waals surface area contributed by atoms with Crippen LogP contribution in [0.4, 0.5) is 13.2 Å². The summed E-state index contributed by atoms with van der Waals surface area (Å²) in [6.07, 6.45) is 19.5. The molecule has 0 fully saturated rings. The molecule has 4 rings (SSSR count). The van der Waals surface area contributed by atoms with Crippen molar-refractivity contribution in [3.63, 3.8) is 0 Å². The van der Waals surface area contributed by atoms with Crippen molar-refractivity contribution < 1.29 is 25.8 Å². The minimum Gasteiger partial charge on any atom is -0.375 e. The Morgan fingerprint density at radius 1 is 0.564 bits per heavy atom. The Morgan fingerprint density at radius 2 is 0.891 bits per heavy atom. The fraction of sp³-hybridized carbons (Fsp3) is 0.455. The summed E-state index contributed by atoms with van der Waals surface area (Å²) in [5, 5.41) is 0. The Kier molecular flexibility index (Phi) is 25.4. The maximum absolute atomic E-state index is 12.7. The van der Waals surface area contributed by atoms with Crippen molar-refractivity contribution in [1.82, 2.24) is 0 Å². The van der Waals surface area contributed by atoms with Gasteiger partial charge in [0.15, 0.2) is 19.6 Å². The number of rotatable bonds is 15. The van der Waals surface area contributed by atoms with Crippen molar-refractivity contribution >= 4 is 53.7 Å². The van der Waals surface area contributed by atoms with Gasteiger partial charge in [-0.25, -0.2) is 0 Å². The van der Waals surface area contributed by atoms with Gasteiger partial charge < -0.3 is 4.18 Å². The fourth-order valence-corrected chi connectivity index (χ4v) is 11.1. The van der Waals surface area contributed by atoms with Crippen LogP contribution in [0.1, 0.15) is 70.4 Å². The third-order valence-corrected chi connectivity index (χ3v) is 14.6. The zero-order valence-corrected chi connectivity index (χ0v) is 38.7. The van der Waals surface area contributed by atoms with Gasteiger partial charge in [0.05, 0.1) is 29.7 Å². The molecule has 0 bridgehead atoms. The van der Waals surface area contributed by atoms with E-state index in [2.05, 4.69) is 86.6 Å². The largest absolute Gasteiger partial charge is 0.534 e. The van der Waals surface area contributed by atoms with Crippen LogP contribution in [0.25, 0.3) is 0 Å². The summed E-state index contributed by atoms with van der Waals surface area (Å²) in [5.74, 6) is 4.24. The lowest BCUT2D eigenvalue weighted by Gasteiger charge is -2.15. The van der Waals surface area contributed by atoms with Gasteiger partial charge in [0.25, 0.3) is 0 Å². The maximum Gasteiger partial charge on any atom is 0.534 e. The Morgan fingerprint density at radius 3 is 1.16 bits per heavy atom. The SMILES string of the molecule is CCCC[S+](CCCC)CCCC.C[S+](C)C.C[S+](C)c1ccccc1.Cc1cc([S+](c2ccccc2)c2ccccc2)cc(C)c1OS(=O)(=O)C(F)(F)F. The summed E-state index contributed by atoms with van der Waals surface area (Å²) < 4.78 is 65.5. The van der Waals surface area contributed by atoms with Crippen molar-refractivity contribution in [2.45, 2.75) is 98.2 Å². The summed E-state index contributed by atoms with van der Waals surface area (Å²) in [6, 6.07) is 33.4. The Labute approximate surface area is 344 Å². The van der Waals surface area contributed by atoms with E-state index in [-0.39, 0.29) is 5.75 Å². The summed E-state index contributed by atoms with van der Waals surface area (Å²) in [7, 11) is -4.41. The van der Waals surface area contributed by atoms with Crippen LogP contribution >= 0.6 is 0 Å². The van der Waals surface area contributed by atoms with Crippen LogP contribution in [0.15, 0.2) is 123 Å². The molecule has 0 saturated heterocycles. The molecule has 0 spiro atoms. The molecule has 0 atom stereocenters. The molecule has 0 unspecified atom stereocenters. The molecule has 4 aromatic carbocycles. The van der Waals surface area contributed by atoms with E-state index in [0.29, 0.717) is 32.9 Å². The van der Waals surface area contributed by atoms with Crippen LogP contribution in [-0.4, -0.2) is 62.5 Å². The number of unbranched alkanes of at least 4 members (excludes halogenated alkanes) is 3. The molecule has 4 aromatic rings. The predicted molar refractivity (Wildman–Crippen MR) is 242 cm³/mol. The first-order chi connectivity index (χ1) is 26.0. The van der Waals surface area contributed by atoms with E-state index in [1.54, 1.807) is 12.1 Å². The average Bonchev–Trinajstić information content (AvgIpc) is 3.14. The normalized spacial score (nSPS) is 11.4. The fourth-order valence-electron chi connectivity index (χ4n) is 4.88. The smallest absolute Gasteiger partial charge is 0.375 e. The van der Waals surface area contributed by atoms with Crippen molar-refractivity contribution in [2.24, 2.45) is 0 Å². The van der Waals surface area contributed by atoms with Crippen LogP contribution in [0.2, 0.25) is 0 Å². The minimum absolute atomic E-state index is 0.296. The van der Waals surface area contributed by atoms with Crippen molar-refractivity contribution in [2.75, 3.05) is 48.5 Å². The molecule has 0 amide bonds. The third kappa shape index (κ3) is 20.2. The standard InChI is InChI=1S/C21H18F3O3S2.C12H27S.C8H11S.C3H9S/c1-15-13-19(14-16(2)20(15)27-29(25,26)21(22,23)24)28(17-9-5-3-6-10-17)18-11-7-4-8-12-18;1-4-7-10-13(11-8-5-2)12-9-6-3;1-9(2)8-6-4-3-5-7-8;1-4(2)3/h3-14H,1-2H3;4-12H2,1-3H3;3-7H,1-2H3;1-3H3/q4*+1. The summed E-state index contributed by atoms with van der Waals surface area (Å²) in [5.41, 5.74) is -4.85. The quantitative estimate of drug-likeness (QED) is 0.0679. The first-order valence-electron chi connectivity index (χ1n) is 18.7. The van der Waals surface area contributed by atoms with Gasteiger partial charge in [0.1, 0.15) is 35.5 Å². The minimum atomic E-state index is -5.73. The van der Waals surface area contributed by atoms with Gasteiger partial charge in [-0.2, -0.15) is 21.6 Å². The van der Waals surface area contributed by atoms with Crippen LogP contribution in [-0.2, 0) is 53.7 Å². The van der Waals surface area contributed by atoms with E-state index in [1.165, 1.54) is 74.5 Å². The Hall–Kier alpha value is -2.18. The molecule has 0 aliphatic carbocycles. The molecule has 11 heteroatoms. The second-order valence-corrected chi connectivity index (χ2v) is 24.0. The first-order valence-corrected chi connectivity index (χ1v) is 27.6. The van der Waals surface area contributed by atoms with E-state index in [9.17, 15) is 21.6 Å². The Bertz CT molecular complexity index is 1600. The maximum atomic E-state index is 12.7. The molecule has 55 heavy (non-hydrogen) atoms. The summed E-state index contributed by atoms with van der Waals surface area (Å²) in [6.45, 7) is 9.99. The van der Waals surface area contributed by atoms with Crippen molar-refractivity contribution in [3.05, 3.63) is 114 Å². The second-order valence-electron chi connectivity index (χ2n) is 13.4. The number of hydrogen-bond acceptors (Lipinski definition) is 3. The van der Waals surface area contributed by atoms with E-state index in [1.807, 2.05) is 60.7 Å². The number of benzene rings is 4. The van der Waals surface area contributed by atoms with Crippen LogP contribution in [0.5, 0.6) is 5.75 Å². The highest BCUT2D eigenvalue weighted by Crippen LogP contribution is 2.37. The molecular weight excluding hydrogens is 794 g/mol. The second kappa shape index (κ2) is 27.5. The molecule has 0 N–H and O–H groups in total. The van der Waals surface area contributed by atoms with Gasteiger partial charge in [-0.1, -0.05) is 94.6 Å². The molecule has 0 saturated carbocycles. The number of hydrogen-bond donors (Lipinski definition) is 0. The van der Waals surface area contributed by atoms with E-state index >= 15 is 0 Å². The molecule has 0 aliphatic rings. The van der Waals surface area contributed by atoms with Gasteiger partial charge in [-0.05, 0) is 102 Å².